The van der Waals surface area contributed by atoms with Crippen LogP contribution < -0.4 is 5.32 Å². The molecule has 2 atom stereocenters. The molecule has 9 heavy (non-hydrogen) atoms. The first-order valence-corrected chi connectivity index (χ1v) is 3.28. The Morgan fingerprint density at radius 3 is 3.00 bits per heavy atom. The van der Waals surface area contributed by atoms with E-state index < -0.39 is 0 Å². The van der Waals surface area contributed by atoms with Crippen LogP contribution in [0.4, 0.5) is 0 Å². The summed E-state index contributed by atoms with van der Waals surface area (Å²) in [5, 5.41) is 11.8. The Morgan fingerprint density at radius 1 is 1.78 bits per heavy atom. The topological polar surface area (TPSA) is 41.5 Å². The van der Waals surface area contributed by atoms with E-state index in [1.165, 1.54) is 0 Å². The van der Waals surface area contributed by atoms with Crippen molar-refractivity contribution in [1.82, 2.24) is 5.32 Å². The highest BCUT2D eigenvalue weighted by molar-refractivity contribution is 4.72. The fourth-order valence-corrected chi connectivity index (χ4v) is 0.848. The molecular formula is C6H13NO2. The van der Waals surface area contributed by atoms with Gasteiger partial charge in [0.1, 0.15) is 0 Å². The highest BCUT2D eigenvalue weighted by Gasteiger charge is 2.15. The first kappa shape index (κ1) is 6.99. The monoisotopic (exact) mass is 131 g/mol. The second-order valence-electron chi connectivity index (χ2n) is 2.43. The molecule has 0 aromatic carbocycles. The van der Waals surface area contributed by atoms with Crippen molar-refractivity contribution in [1.29, 1.82) is 0 Å². The molecule has 0 unspecified atom stereocenters. The van der Waals surface area contributed by atoms with Crippen molar-refractivity contribution in [3.05, 3.63) is 0 Å². The average molecular weight is 131 g/mol. The molecule has 0 aliphatic carbocycles. The van der Waals surface area contributed by atoms with Gasteiger partial charge >= 0.3 is 0 Å². The summed E-state index contributed by atoms with van der Waals surface area (Å²) in [5.41, 5.74) is 0. The summed E-state index contributed by atoms with van der Waals surface area (Å²) in [4.78, 5) is 0. The standard InChI is InChI=1S/C6H13NO2/c1-5-2-7-6(3-8)4-9-5/h5-8H,2-4H2,1H3/t5-,6-/m1/s1. The van der Waals surface area contributed by atoms with Gasteiger partial charge in [0.15, 0.2) is 0 Å². The molecule has 1 heterocycles. The van der Waals surface area contributed by atoms with E-state index in [4.69, 9.17) is 9.84 Å². The van der Waals surface area contributed by atoms with Crippen molar-refractivity contribution in [3.63, 3.8) is 0 Å². The third-order valence-corrected chi connectivity index (χ3v) is 1.50. The molecule has 1 rings (SSSR count). The minimum absolute atomic E-state index is 0.154. The molecule has 54 valence electrons. The van der Waals surface area contributed by atoms with Crippen molar-refractivity contribution in [3.8, 4) is 0 Å². The van der Waals surface area contributed by atoms with Crippen molar-refractivity contribution in [2.75, 3.05) is 19.8 Å². The van der Waals surface area contributed by atoms with Gasteiger partial charge in [-0.2, -0.15) is 0 Å². The molecule has 0 spiro atoms. The number of ether oxygens (including phenoxy) is 1. The molecule has 1 saturated heterocycles. The van der Waals surface area contributed by atoms with Crippen molar-refractivity contribution < 1.29 is 9.84 Å². The molecule has 1 aliphatic rings. The SMILES string of the molecule is C[C@@H]1CN[C@H](CO)CO1. The molecule has 0 radical (unpaired) electrons. The Morgan fingerprint density at radius 2 is 2.56 bits per heavy atom. The number of aliphatic hydroxyl groups is 1. The average Bonchev–Trinajstić information content (AvgIpc) is 1.90. The minimum Gasteiger partial charge on any atom is -0.395 e. The Hall–Kier alpha value is -0.120. The molecule has 0 saturated carbocycles. The zero-order valence-corrected chi connectivity index (χ0v) is 5.63. The quantitative estimate of drug-likeness (QED) is 0.497. The van der Waals surface area contributed by atoms with Crippen LogP contribution in [0.1, 0.15) is 6.92 Å². The molecule has 3 heteroatoms. The molecular weight excluding hydrogens is 118 g/mol. The molecule has 3 nitrogen and oxygen atoms in total. The van der Waals surface area contributed by atoms with Crippen LogP contribution in [0.5, 0.6) is 0 Å². The molecule has 0 aromatic heterocycles. The zero-order valence-electron chi connectivity index (χ0n) is 5.63. The van der Waals surface area contributed by atoms with E-state index in [9.17, 15) is 0 Å². The Kier molecular flexibility index (Phi) is 2.45. The number of morpholine rings is 1. The Bertz CT molecular complexity index is 79.1. The van der Waals surface area contributed by atoms with Gasteiger partial charge in [0.25, 0.3) is 0 Å². The van der Waals surface area contributed by atoms with Crippen LogP contribution in [-0.2, 0) is 4.74 Å². The van der Waals surface area contributed by atoms with Crippen LogP contribution in [0.15, 0.2) is 0 Å². The summed E-state index contributed by atoms with van der Waals surface area (Å²) in [6.45, 7) is 3.68. The van der Waals surface area contributed by atoms with Crippen LogP contribution in [0.3, 0.4) is 0 Å². The normalized spacial score (nSPS) is 36.7. The minimum atomic E-state index is 0.154. The van der Waals surface area contributed by atoms with Gasteiger partial charge < -0.3 is 15.2 Å². The van der Waals surface area contributed by atoms with Crippen LogP contribution in [0.2, 0.25) is 0 Å². The summed E-state index contributed by atoms with van der Waals surface area (Å²) < 4.78 is 5.26. The number of rotatable bonds is 1. The van der Waals surface area contributed by atoms with E-state index >= 15 is 0 Å². The maximum atomic E-state index is 8.63. The maximum Gasteiger partial charge on any atom is 0.0672 e. The second-order valence-corrected chi connectivity index (χ2v) is 2.43. The van der Waals surface area contributed by atoms with E-state index in [-0.39, 0.29) is 12.6 Å². The lowest BCUT2D eigenvalue weighted by Gasteiger charge is -2.26. The van der Waals surface area contributed by atoms with Gasteiger partial charge in [-0.05, 0) is 6.92 Å². The lowest BCUT2D eigenvalue weighted by Crippen LogP contribution is -2.47. The lowest BCUT2D eigenvalue weighted by molar-refractivity contribution is 0.00184. The van der Waals surface area contributed by atoms with Crippen LogP contribution in [0.25, 0.3) is 0 Å². The van der Waals surface area contributed by atoms with Gasteiger partial charge in [-0.3, -0.25) is 0 Å². The second kappa shape index (κ2) is 3.15. The molecule has 1 aliphatic heterocycles. The lowest BCUT2D eigenvalue weighted by atomic mass is 10.2. The molecule has 0 bridgehead atoms. The van der Waals surface area contributed by atoms with Gasteiger partial charge in [-0.15, -0.1) is 0 Å². The van der Waals surface area contributed by atoms with Crippen LogP contribution in [-0.4, -0.2) is 37.0 Å². The number of nitrogens with one attached hydrogen (secondary N) is 1. The first-order valence-electron chi connectivity index (χ1n) is 3.28. The zero-order chi connectivity index (χ0) is 6.69. The van der Waals surface area contributed by atoms with E-state index in [0.717, 1.165) is 6.54 Å². The number of aliphatic hydroxyl groups excluding tert-OH is 1. The number of hydrogen-bond donors (Lipinski definition) is 2. The maximum absolute atomic E-state index is 8.63. The highest BCUT2D eigenvalue weighted by atomic mass is 16.5. The van der Waals surface area contributed by atoms with Crippen LogP contribution in [0, 0.1) is 0 Å². The molecule has 0 aromatic rings. The number of hydrogen-bond acceptors (Lipinski definition) is 3. The van der Waals surface area contributed by atoms with Gasteiger partial charge in [0, 0.05) is 6.54 Å². The van der Waals surface area contributed by atoms with Gasteiger partial charge in [-0.25, -0.2) is 0 Å². The summed E-state index contributed by atoms with van der Waals surface area (Å²) >= 11 is 0. The van der Waals surface area contributed by atoms with E-state index in [0.29, 0.717) is 12.7 Å². The van der Waals surface area contributed by atoms with E-state index in [2.05, 4.69) is 5.32 Å². The molecule has 2 N–H and O–H groups in total. The molecule has 1 fully saturated rings. The fourth-order valence-electron chi connectivity index (χ4n) is 0.848. The largest absolute Gasteiger partial charge is 0.395 e. The van der Waals surface area contributed by atoms with Gasteiger partial charge in [-0.1, -0.05) is 0 Å². The Balaban J connectivity index is 2.18. The predicted molar refractivity (Wildman–Crippen MR) is 34.3 cm³/mol. The Labute approximate surface area is 55.0 Å². The van der Waals surface area contributed by atoms with E-state index in [1.807, 2.05) is 6.92 Å². The third-order valence-electron chi connectivity index (χ3n) is 1.50. The summed E-state index contributed by atoms with van der Waals surface area (Å²) in [6, 6.07) is 0.154. The van der Waals surface area contributed by atoms with Gasteiger partial charge in [0.2, 0.25) is 0 Å². The van der Waals surface area contributed by atoms with Crippen molar-refractivity contribution >= 4 is 0 Å². The smallest absolute Gasteiger partial charge is 0.0672 e. The van der Waals surface area contributed by atoms with Crippen molar-refractivity contribution in [2.45, 2.75) is 19.1 Å². The molecule has 0 amide bonds. The first-order chi connectivity index (χ1) is 4.33. The van der Waals surface area contributed by atoms with E-state index in [1.54, 1.807) is 0 Å². The predicted octanol–water partition coefficient (Wildman–Crippen LogP) is -0.644. The van der Waals surface area contributed by atoms with Crippen molar-refractivity contribution in [2.24, 2.45) is 0 Å². The summed E-state index contributed by atoms with van der Waals surface area (Å²) in [5.74, 6) is 0. The van der Waals surface area contributed by atoms with Gasteiger partial charge in [0.05, 0.1) is 25.4 Å². The third kappa shape index (κ3) is 1.93. The summed E-state index contributed by atoms with van der Waals surface area (Å²) in [6.07, 6.45) is 0.299. The van der Waals surface area contributed by atoms with Crippen LogP contribution >= 0.6 is 0 Å². The highest BCUT2D eigenvalue weighted by Crippen LogP contribution is 1.98. The summed E-state index contributed by atoms with van der Waals surface area (Å²) in [7, 11) is 0. The fraction of sp³-hybridized carbons (Fsp3) is 1.00.